The summed E-state index contributed by atoms with van der Waals surface area (Å²) in [7, 11) is 1.65. The second-order valence-corrected chi connectivity index (χ2v) is 6.38. The molecular formula is C20H26IN3O. The lowest BCUT2D eigenvalue weighted by molar-refractivity contribution is 0.417. The summed E-state index contributed by atoms with van der Waals surface area (Å²) in [5.41, 5.74) is 8.45. The summed E-state index contributed by atoms with van der Waals surface area (Å²) in [5.74, 6) is 1.19. The Labute approximate surface area is 166 Å². The van der Waals surface area contributed by atoms with Crippen LogP contribution in [0, 0.1) is 0 Å². The Morgan fingerprint density at radius 2 is 1.72 bits per heavy atom. The SMILES string of the molecule is COc1ccccc1NC(N)=NCC1(c2ccccc2)CCCC1.I. The van der Waals surface area contributed by atoms with Crippen LogP contribution in [0.1, 0.15) is 31.2 Å². The van der Waals surface area contributed by atoms with Crippen molar-refractivity contribution in [1.29, 1.82) is 0 Å². The van der Waals surface area contributed by atoms with Gasteiger partial charge in [0, 0.05) is 5.41 Å². The van der Waals surface area contributed by atoms with Gasteiger partial charge in [-0.25, -0.2) is 0 Å². The van der Waals surface area contributed by atoms with E-state index in [4.69, 9.17) is 10.5 Å². The van der Waals surface area contributed by atoms with Gasteiger partial charge in [-0.05, 0) is 30.5 Å². The van der Waals surface area contributed by atoms with Gasteiger partial charge in [-0.15, -0.1) is 24.0 Å². The van der Waals surface area contributed by atoms with Gasteiger partial charge in [-0.1, -0.05) is 55.3 Å². The minimum atomic E-state index is 0. The molecule has 3 rings (SSSR count). The zero-order valence-corrected chi connectivity index (χ0v) is 16.9. The number of methoxy groups -OCH3 is 1. The van der Waals surface area contributed by atoms with Gasteiger partial charge in [0.05, 0.1) is 19.3 Å². The predicted molar refractivity (Wildman–Crippen MR) is 115 cm³/mol. The number of nitrogens with zero attached hydrogens (tertiary/aromatic N) is 1. The summed E-state index contributed by atoms with van der Waals surface area (Å²) in [6.07, 6.45) is 4.85. The van der Waals surface area contributed by atoms with Crippen LogP contribution in [0.3, 0.4) is 0 Å². The average Bonchev–Trinajstić information content (AvgIpc) is 3.11. The molecule has 2 aromatic carbocycles. The van der Waals surface area contributed by atoms with Crippen molar-refractivity contribution in [2.75, 3.05) is 19.0 Å². The highest BCUT2D eigenvalue weighted by molar-refractivity contribution is 14.0. The highest BCUT2D eigenvalue weighted by Gasteiger charge is 2.35. The molecule has 0 spiro atoms. The maximum Gasteiger partial charge on any atom is 0.193 e. The molecule has 0 saturated heterocycles. The van der Waals surface area contributed by atoms with E-state index in [9.17, 15) is 0 Å². The van der Waals surface area contributed by atoms with E-state index < -0.39 is 0 Å². The molecule has 3 N–H and O–H groups in total. The molecule has 0 unspecified atom stereocenters. The summed E-state index contributed by atoms with van der Waals surface area (Å²) in [6.45, 7) is 0.713. The number of anilines is 1. The number of para-hydroxylation sites is 2. The number of benzene rings is 2. The number of guanidine groups is 1. The van der Waals surface area contributed by atoms with Crippen LogP contribution >= 0.6 is 24.0 Å². The van der Waals surface area contributed by atoms with Crippen molar-refractivity contribution >= 4 is 35.6 Å². The normalized spacial score (nSPS) is 16.1. The zero-order chi connectivity index (χ0) is 16.8. The topological polar surface area (TPSA) is 59.6 Å². The number of rotatable bonds is 5. The number of nitrogens with two attached hydrogens (primary N) is 1. The van der Waals surface area contributed by atoms with Crippen LogP contribution in [-0.2, 0) is 5.41 Å². The highest BCUT2D eigenvalue weighted by Crippen LogP contribution is 2.41. The summed E-state index contributed by atoms with van der Waals surface area (Å²) >= 11 is 0. The lowest BCUT2D eigenvalue weighted by Gasteiger charge is -2.28. The van der Waals surface area contributed by atoms with Gasteiger partial charge in [-0.3, -0.25) is 4.99 Å². The molecule has 134 valence electrons. The molecule has 0 aliphatic heterocycles. The Morgan fingerprint density at radius 1 is 1.08 bits per heavy atom. The molecule has 1 saturated carbocycles. The smallest absolute Gasteiger partial charge is 0.193 e. The first-order valence-corrected chi connectivity index (χ1v) is 8.49. The molecule has 0 heterocycles. The highest BCUT2D eigenvalue weighted by atomic mass is 127. The third-order valence-corrected chi connectivity index (χ3v) is 4.87. The molecule has 0 aromatic heterocycles. The third kappa shape index (κ3) is 4.66. The lowest BCUT2D eigenvalue weighted by atomic mass is 9.79. The van der Waals surface area contributed by atoms with Crippen molar-refractivity contribution < 1.29 is 4.74 Å². The lowest BCUT2D eigenvalue weighted by Crippen LogP contribution is -2.30. The van der Waals surface area contributed by atoms with Gasteiger partial charge in [0.1, 0.15) is 5.75 Å². The fraction of sp³-hybridized carbons (Fsp3) is 0.350. The number of halogens is 1. The predicted octanol–water partition coefficient (Wildman–Crippen LogP) is 4.55. The minimum absolute atomic E-state index is 0. The van der Waals surface area contributed by atoms with Crippen LogP contribution in [0.5, 0.6) is 5.75 Å². The average molecular weight is 451 g/mol. The molecule has 0 radical (unpaired) electrons. The van der Waals surface area contributed by atoms with E-state index in [0.717, 1.165) is 11.4 Å². The summed E-state index contributed by atoms with van der Waals surface area (Å²) < 4.78 is 5.34. The molecule has 0 bridgehead atoms. The number of ether oxygens (including phenoxy) is 1. The van der Waals surface area contributed by atoms with E-state index in [1.807, 2.05) is 24.3 Å². The van der Waals surface area contributed by atoms with Crippen molar-refractivity contribution in [2.24, 2.45) is 10.7 Å². The van der Waals surface area contributed by atoms with E-state index in [0.29, 0.717) is 12.5 Å². The van der Waals surface area contributed by atoms with Gasteiger partial charge in [0.2, 0.25) is 0 Å². The second-order valence-electron chi connectivity index (χ2n) is 6.38. The monoisotopic (exact) mass is 451 g/mol. The molecule has 1 aliphatic carbocycles. The van der Waals surface area contributed by atoms with Crippen LogP contribution in [0.2, 0.25) is 0 Å². The molecule has 1 aliphatic rings. The maximum absolute atomic E-state index is 6.13. The zero-order valence-electron chi connectivity index (χ0n) is 14.6. The van der Waals surface area contributed by atoms with Crippen molar-refractivity contribution in [3.05, 3.63) is 60.2 Å². The van der Waals surface area contributed by atoms with Gasteiger partial charge in [0.25, 0.3) is 0 Å². The third-order valence-electron chi connectivity index (χ3n) is 4.87. The molecule has 25 heavy (non-hydrogen) atoms. The van der Waals surface area contributed by atoms with Crippen molar-refractivity contribution in [1.82, 2.24) is 0 Å². The van der Waals surface area contributed by atoms with E-state index in [1.165, 1.54) is 31.2 Å². The first kappa shape index (κ1) is 19.6. The number of nitrogens with one attached hydrogen (secondary N) is 1. The van der Waals surface area contributed by atoms with Crippen LogP contribution in [0.25, 0.3) is 0 Å². The summed E-state index contributed by atoms with van der Waals surface area (Å²) in [4.78, 5) is 4.65. The fourth-order valence-electron chi connectivity index (χ4n) is 3.54. The molecule has 0 amide bonds. The quantitative estimate of drug-likeness (QED) is 0.399. The molecule has 4 nitrogen and oxygen atoms in total. The second kappa shape index (κ2) is 9.08. The molecule has 1 fully saturated rings. The fourth-order valence-corrected chi connectivity index (χ4v) is 3.54. The maximum atomic E-state index is 6.13. The first-order valence-electron chi connectivity index (χ1n) is 8.49. The Morgan fingerprint density at radius 3 is 2.40 bits per heavy atom. The molecule has 0 atom stereocenters. The van der Waals surface area contributed by atoms with Crippen molar-refractivity contribution in [3.63, 3.8) is 0 Å². The Balaban J connectivity index is 0.00000225. The van der Waals surface area contributed by atoms with Crippen LogP contribution in [-0.4, -0.2) is 19.6 Å². The van der Waals surface area contributed by atoms with Gasteiger partial charge < -0.3 is 15.8 Å². The summed E-state index contributed by atoms with van der Waals surface area (Å²) in [6, 6.07) is 18.4. The number of hydrogen-bond acceptors (Lipinski definition) is 2. The molecule has 2 aromatic rings. The van der Waals surface area contributed by atoms with Crippen LogP contribution in [0.4, 0.5) is 5.69 Å². The summed E-state index contributed by atoms with van der Waals surface area (Å²) in [5, 5.41) is 3.16. The Hall–Kier alpha value is -1.76. The van der Waals surface area contributed by atoms with E-state index in [1.54, 1.807) is 7.11 Å². The van der Waals surface area contributed by atoms with Gasteiger partial charge in [-0.2, -0.15) is 0 Å². The standard InChI is InChI=1S/C20H25N3O.HI/c1-24-18-12-6-5-11-17(18)23-19(21)22-15-20(13-7-8-14-20)16-9-3-2-4-10-16;/h2-6,9-12H,7-8,13-15H2,1H3,(H3,21,22,23);1H. The van der Waals surface area contributed by atoms with Crippen molar-refractivity contribution in [3.8, 4) is 5.75 Å². The van der Waals surface area contributed by atoms with Gasteiger partial charge in [0.15, 0.2) is 5.96 Å². The van der Waals surface area contributed by atoms with Gasteiger partial charge >= 0.3 is 0 Å². The van der Waals surface area contributed by atoms with E-state index >= 15 is 0 Å². The van der Waals surface area contributed by atoms with E-state index in [-0.39, 0.29) is 29.4 Å². The number of hydrogen-bond donors (Lipinski definition) is 2. The van der Waals surface area contributed by atoms with Crippen molar-refractivity contribution in [2.45, 2.75) is 31.1 Å². The largest absolute Gasteiger partial charge is 0.495 e. The van der Waals surface area contributed by atoms with Crippen LogP contribution < -0.4 is 15.8 Å². The first-order chi connectivity index (χ1) is 11.7. The van der Waals surface area contributed by atoms with Crippen LogP contribution in [0.15, 0.2) is 59.6 Å². The van der Waals surface area contributed by atoms with E-state index in [2.05, 4.69) is 40.6 Å². The Bertz CT molecular complexity index is 697. The molecule has 5 heteroatoms. The minimum Gasteiger partial charge on any atom is -0.495 e. The Kier molecular flexibility index (Phi) is 7.11. The molecular weight excluding hydrogens is 425 g/mol. The number of aliphatic imine (C=N–C) groups is 1.